The van der Waals surface area contributed by atoms with Gasteiger partial charge < -0.3 is 4.74 Å². The average Bonchev–Trinajstić information content (AvgIpc) is 2.83. The fourth-order valence-electron chi connectivity index (χ4n) is 4.85. The predicted octanol–water partition coefficient (Wildman–Crippen LogP) is 6.39. The molecule has 0 fully saturated rings. The fraction of sp³-hybridized carbons (Fsp3) is 0.0714. The molecule has 6 rings (SSSR count). The lowest BCUT2D eigenvalue weighted by atomic mass is 9.88. The second-order valence-corrected chi connectivity index (χ2v) is 9.76. The monoisotopic (exact) mass is 452 g/mol. The zero-order chi connectivity index (χ0) is 22.6. The summed E-state index contributed by atoms with van der Waals surface area (Å²) in [5, 5.41) is 3.49. The Kier molecular flexibility index (Phi) is 4.50. The van der Waals surface area contributed by atoms with Crippen molar-refractivity contribution in [3.8, 4) is 16.9 Å². The Balaban J connectivity index is 1.64. The van der Waals surface area contributed by atoms with Gasteiger partial charge in [-0.25, -0.2) is 0 Å². The zero-order valence-corrected chi connectivity index (χ0v) is 18.5. The van der Waals surface area contributed by atoms with Crippen molar-refractivity contribution in [2.24, 2.45) is 0 Å². The van der Waals surface area contributed by atoms with E-state index in [4.69, 9.17) is 4.74 Å². The first-order valence-corrected chi connectivity index (χ1v) is 12.2. The third-order valence-corrected chi connectivity index (χ3v) is 7.22. The van der Waals surface area contributed by atoms with Gasteiger partial charge in [0.2, 0.25) is 0 Å². The quantitative estimate of drug-likeness (QED) is 0.322. The molecule has 0 saturated heterocycles. The minimum absolute atomic E-state index is 0.0718. The molecule has 0 aromatic heterocycles. The van der Waals surface area contributed by atoms with E-state index in [9.17, 15) is 13.0 Å². The van der Waals surface area contributed by atoms with E-state index in [0.717, 1.165) is 49.7 Å². The molecule has 33 heavy (non-hydrogen) atoms. The van der Waals surface area contributed by atoms with Crippen molar-refractivity contribution in [3.05, 3.63) is 108 Å². The van der Waals surface area contributed by atoms with Gasteiger partial charge in [0.15, 0.2) is 0 Å². The van der Waals surface area contributed by atoms with Crippen molar-refractivity contribution in [1.29, 1.82) is 0 Å². The minimum Gasteiger partial charge on any atom is -0.488 e. The Labute approximate surface area is 191 Å². The Hall–Kier alpha value is -3.67. The molecule has 1 aliphatic rings. The molecule has 0 radical (unpaired) electrons. The van der Waals surface area contributed by atoms with Crippen LogP contribution in [-0.2, 0) is 23.1 Å². The van der Waals surface area contributed by atoms with Crippen LogP contribution in [0.15, 0.2) is 95.9 Å². The van der Waals surface area contributed by atoms with Crippen molar-refractivity contribution in [1.82, 2.24) is 0 Å². The number of hydrogen-bond acceptors (Lipinski definition) is 3. The maximum atomic E-state index is 12.3. The van der Waals surface area contributed by atoms with Gasteiger partial charge in [-0.2, -0.15) is 8.42 Å². The van der Waals surface area contributed by atoms with E-state index < -0.39 is 10.1 Å². The summed E-state index contributed by atoms with van der Waals surface area (Å²) in [6.45, 7) is 0.331. The van der Waals surface area contributed by atoms with E-state index in [2.05, 4.69) is 18.2 Å². The van der Waals surface area contributed by atoms with Gasteiger partial charge in [-0.1, -0.05) is 78.9 Å². The summed E-state index contributed by atoms with van der Waals surface area (Å²) in [5.41, 5.74) is 4.85. The zero-order valence-electron chi connectivity index (χ0n) is 17.7. The molecule has 4 nitrogen and oxygen atoms in total. The van der Waals surface area contributed by atoms with Crippen molar-refractivity contribution in [2.75, 3.05) is 0 Å². The second kappa shape index (κ2) is 7.44. The molecule has 0 atom stereocenters. The van der Waals surface area contributed by atoms with E-state index in [1.54, 1.807) is 12.1 Å². The van der Waals surface area contributed by atoms with Crippen LogP contribution in [0.3, 0.4) is 0 Å². The lowest BCUT2D eigenvalue weighted by molar-refractivity contribution is 0.304. The molecule has 0 aliphatic carbocycles. The highest BCUT2D eigenvalue weighted by atomic mass is 32.2. The highest BCUT2D eigenvalue weighted by molar-refractivity contribution is 7.86. The van der Waals surface area contributed by atoms with Crippen LogP contribution in [-0.4, -0.2) is 13.0 Å². The van der Waals surface area contributed by atoms with Crippen LogP contribution in [0.4, 0.5) is 0 Å². The van der Waals surface area contributed by atoms with Crippen molar-refractivity contribution < 1.29 is 17.7 Å². The van der Waals surface area contributed by atoms with Gasteiger partial charge in [-0.15, -0.1) is 0 Å². The van der Waals surface area contributed by atoms with Gasteiger partial charge in [0, 0.05) is 16.5 Å². The summed E-state index contributed by atoms with van der Waals surface area (Å²) in [7, 11) is -4.41. The first-order valence-electron chi connectivity index (χ1n) is 10.7. The number of fused-ring (bicyclic) bond motifs is 7. The Morgan fingerprint density at radius 2 is 1.55 bits per heavy atom. The first kappa shape index (κ1) is 20.0. The van der Waals surface area contributed by atoms with Gasteiger partial charge in [-0.05, 0) is 51.4 Å². The molecule has 5 heteroatoms. The molecule has 5 aromatic rings. The highest BCUT2D eigenvalue weighted by Gasteiger charge is 2.24. The molecule has 0 spiro atoms. The Morgan fingerprint density at radius 1 is 0.758 bits per heavy atom. The van der Waals surface area contributed by atoms with Crippen molar-refractivity contribution >= 4 is 31.7 Å². The van der Waals surface area contributed by atoms with Crippen LogP contribution in [0.2, 0.25) is 0 Å². The van der Waals surface area contributed by atoms with Crippen molar-refractivity contribution in [2.45, 2.75) is 17.9 Å². The lowest BCUT2D eigenvalue weighted by Crippen LogP contribution is -2.08. The summed E-state index contributed by atoms with van der Waals surface area (Å²) < 4.78 is 40.8. The van der Waals surface area contributed by atoms with Gasteiger partial charge in [0.25, 0.3) is 10.1 Å². The van der Waals surface area contributed by atoms with E-state index in [1.165, 1.54) is 0 Å². The fourth-order valence-corrected chi connectivity index (χ4v) is 5.61. The summed E-state index contributed by atoms with van der Waals surface area (Å²) >= 11 is 0. The summed E-state index contributed by atoms with van der Waals surface area (Å²) in [6, 6.07) is 29.4. The van der Waals surface area contributed by atoms with Gasteiger partial charge in [0.1, 0.15) is 17.3 Å². The third kappa shape index (κ3) is 3.37. The third-order valence-electron chi connectivity index (χ3n) is 6.33. The lowest BCUT2D eigenvalue weighted by Gasteiger charge is -2.24. The number of rotatable bonds is 3. The molecule has 0 unspecified atom stereocenters. The van der Waals surface area contributed by atoms with Crippen LogP contribution < -0.4 is 4.74 Å². The minimum atomic E-state index is -4.41. The number of ether oxygens (including phenoxy) is 1. The van der Waals surface area contributed by atoms with Gasteiger partial charge >= 0.3 is 0 Å². The van der Waals surface area contributed by atoms with E-state index in [-0.39, 0.29) is 4.90 Å². The number of hydrogen-bond donors (Lipinski definition) is 1. The smallest absolute Gasteiger partial charge is 0.295 e. The molecule has 0 bridgehead atoms. The van der Waals surface area contributed by atoms with E-state index in [0.29, 0.717) is 18.4 Å². The van der Waals surface area contributed by atoms with Gasteiger partial charge in [-0.3, -0.25) is 4.55 Å². The van der Waals surface area contributed by atoms with Crippen molar-refractivity contribution in [3.63, 3.8) is 0 Å². The summed E-state index contributed by atoms with van der Waals surface area (Å²) in [4.78, 5) is -0.0718. The van der Waals surface area contributed by atoms with Gasteiger partial charge in [0.05, 0.1) is 0 Å². The van der Waals surface area contributed by atoms with Crippen LogP contribution in [0.5, 0.6) is 5.75 Å². The van der Waals surface area contributed by atoms with Crippen LogP contribution >= 0.6 is 0 Å². The van der Waals surface area contributed by atoms with Crippen LogP contribution in [0.1, 0.15) is 16.7 Å². The molecular weight excluding hydrogens is 432 g/mol. The topological polar surface area (TPSA) is 63.6 Å². The maximum absolute atomic E-state index is 12.3. The molecule has 162 valence electrons. The molecule has 1 heterocycles. The second-order valence-electron chi connectivity index (χ2n) is 8.37. The van der Waals surface area contributed by atoms with E-state index in [1.807, 2.05) is 60.7 Å². The Bertz CT molecular complexity index is 1650. The molecule has 0 amide bonds. The largest absolute Gasteiger partial charge is 0.488 e. The molecule has 1 N–H and O–H groups in total. The maximum Gasteiger partial charge on any atom is 0.295 e. The highest BCUT2D eigenvalue weighted by Crippen LogP contribution is 2.45. The predicted molar refractivity (Wildman–Crippen MR) is 130 cm³/mol. The molecular formula is C28H20O4S. The van der Waals surface area contributed by atoms with Crippen LogP contribution in [0.25, 0.3) is 32.7 Å². The van der Waals surface area contributed by atoms with E-state index >= 15 is 0 Å². The number of benzene rings is 5. The standard InChI is InChI=1S/C28H20O4S/c29-33(30,31)27-16-19(14-18-6-2-1-3-7-18)15-24-22(27)11-12-23-25(24)17-32-26-13-10-20-8-4-5-9-21(20)28(23)26/h1-13,15-16H,14,17H2,(H,29,30,31). The summed E-state index contributed by atoms with van der Waals surface area (Å²) in [6.07, 6.45) is 0.559. The Morgan fingerprint density at radius 3 is 2.36 bits per heavy atom. The average molecular weight is 453 g/mol. The molecule has 5 aromatic carbocycles. The summed E-state index contributed by atoms with van der Waals surface area (Å²) in [5.74, 6) is 0.816. The molecule has 0 saturated carbocycles. The molecule has 1 aliphatic heterocycles. The first-order chi connectivity index (χ1) is 16.0. The van der Waals surface area contributed by atoms with Crippen LogP contribution in [0, 0.1) is 0 Å². The normalized spacial score (nSPS) is 12.9. The SMILES string of the molecule is O=S(=O)(O)c1cc(Cc2ccccc2)cc2c3c(ccc12)-c1c(ccc2ccccc12)OC3.